The number of piperazine rings is 1. The molecule has 2 aliphatic rings. The molecule has 2 heterocycles. The Balaban J connectivity index is 1.50. The summed E-state index contributed by atoms with van der Waals surface area (Å²) >= 11 is 0. The Labute approximate surface area is 158 Å². The number of ketones is 1. The van der Waals surface area contributed by atoms with Crippen LogP contribution in [0.4, 0.5) is 0 Å². The van der Waals surface area contributed by atoms with Crippen LogP contribution in [0.1, 0.15) is 23.2 Å². The Morgan fingerprint density at radius 1 is 1.15 bits per heavy atom. The Kier molecular flexibility index (Phi) is 6.41. The molecular formula is C19H25N3O5. The molecule has 1 aromatic rings. The first-order valence-corrected chi connectivity index (χ1v) is 9.23. The van der Waals surface area contributed by atoms with E-state index >= 15 is 0 Å². The van der Waals surface area contributed by atoms with E-state index in [2.05, 4.69) is 10.2 Å². The van der Waals surface area contributed by atoms with Crippen molar-refractivity contribution in [3.8, 4) is 5.75 Å². The maximum Gasteiger partial charge on any atom is 0.341 e. The van der Waals surface area contributed by atoms with Gasteiger partial charge in [-0.25, -0.2) is 4.79 Å². The minimum Gasteiger partial charge on any atom is -0.482 e. The lowest BCUT2D eigenvalue weighted by Crippen LogP contribution is -2.56. The molecule has 1 aromatic carbocycles. The highest BCUT2D eigenvalue weighted by atomic mass is 16.5. The molecule has 2 N–H and O–H groups in total. The van der Waals surface area contributed by atoms with Crippen LogP contribution in [0.25, 0.3) is 0 Å². The van der Waals surface area contributed by atoms with Crippen LogP contribution in [0, 0.1) is 0 Å². The predicted molar refractivity (Wildman–Crippen MR) is 97.9 cm³/mol. The van der Waals surface area contributed by atoms with Crippen LogP contribution in [0.2, 0.25) is 0 Å². The number of amides is 1. The van der Waals surface area contributed by atoms with E-state index in [1.165, 1.54) is 0 Å². The third-order valence-corrected chi connectivity index (χ3v) is 5.05. The number of carboxylic acid groups (broad SMARTS) is 1. The predicted octanol–water partition coefficient (Wildman–Crippen LogP) is 0.229. The molecule has 1 amide bonds. The van der Waals surface area contributed by atoms with Gasteiger partial charge >= 0.3 is 5.97 Å². The van der Waals surface area contributed by atoms with Gasteiger partial charge in [-0.1, -0.05) is 0 Å². The average Bonchev–Trinajstić information content (AvgIpc) is 2.69. The Bertz CT molecular complexity index is 685. The van der Waals surface area contributed by atoms with E-state index in [0.29, 0.717) is 30.4 Å². The van der Waals surface area contributed by atoms with Gasteiger partial charge in [-0.15, -0.1) is 0 Å². The summed E-state index contributed by atoms with van der Waals surface area (Å²) in [6, 6.07) is 6.76. The molecule has 0 saturated carbocycles. The SMILES string of the molecule is O=C(O)COc1ccc(C(=O)CN2CCN(C3CCNCC3)CC2=O)cc1. The molecule has 2 aliphatic heterocycles. The van der Waals surface area contributed by atoms with Crippen LogP contribution in [0.15, 0.2) is 24.3 Å². The van der Waals surface area contributed by atoms with Crippen molar-refractivity contribution in [3.05, 3.63) is 29.8 Å². The highest BCUT2D eigenvalue weighted by Crippen LogP contribution is 2.17. The first-order valence-electron chi connectivity index (χ1n) is 9.23. The molecule has 0 radical (unpaired) electrons. The first kappa shape index (κ1) is 19.3. The van der Waals surface area contributed by atoms with Crippen molar-refractivity contribution >= 4 is 17.7 Å². The Morgan fingerprint density at radius 3 is 2.48 bits per heavy atom. The van der Waals surface area contributed by atoms with Crippen molar-refractivity contribution < 1.29 is 24.2 Å². The lowest BCUT2D eigenvalue weighted by molar-refractivity contribution is -0.139. The highest BCUT2D eigenvalue weighted by Gasteiger charge is 2.30. The monoisotopic (exact) mass is 375 g/mol. The summed E-state index contributed by atoms with van der Waals surface area (Å²) in [5.41, 5.74) is 0.478. The number of aliphatic carboxylic acids is 1. The number of hydrogen-bond acceptors (Lipinski definition) is 6. The van der Waals surface area contributed by atoms with Crippen molar-refractivity contribution in [2.24, 2.45) is 0 Å². The lowest BCUT2D eigenvalue weighted by atomic mass is 10.0. The summed E-state index contributed by atoms with van der Waals surface area (Å²) < 4.78 is 5.05. The number of carboxylic acids is 1. The fourth-order valence-corrected chi connectivity index (χ4v) is 3.52. The molecule has 0 bridgehead atoms. The van der Waals surface area contributed by atoms with Crippen LogP contribution in [-0.4, -0.2) is 84.5 Å². The standard InChI is InChI=1S/C19H25N3O5/c23-17(14-1-3-16(4-2-14)27-13-19(25)26)11-22-10-9-21(12-18(22)24)15-5-7-20-8-6-15/h1-4,15,20H,5-13H2,(H,25,26). The van der Waals surface area contributed by atoms with Crippen molar-refractivity contribution in [1.29, 1.82) is 0 Å². The van der Waals surface area contributed by atoms with Crippen molar-refractivity contribution in [2.75, 3.05) is 45.9 Å². The van der Waals surface area contributed by atoms with Crippen molar-refractivity contribution in [2.45, 2.75) is 18.9 Å². The Morgan fingerprint density at radius 2 is 1.85 bits per heavy atom. The molecule has 8 nitrogen and oxygen atoms in total. The summed E-state index contributed by atoms with van der Waals surface area (Å²) in [5.74, 6) is -0.809. The van der Waals surface area contributed by atoms with Gasteiger partial charge in [0.1, 0.15) is 5.75 Å². The highest BCUT2D eigenvalue weighted by molar-refractivity contribution is 5.99. The minimum absolute atomic E-state index is 0.00505. The third-order valence-electron chi connectivity index (χ3n) is 5.05. The largest absolute Gasteiger partial charge is 0.482 e. The maximum atomic E-state index is 12.5. The number of nitrogens with one attached hydrogen (secondary N) is 1. The van der Waals surface area contributed by atoms with E-state index in [1.54, 1.807) is 29.2 Å². The second kappa shape index (κ2) is 8.96. The number of hydrogen-bond donors (Lipinski definition) is 2. The van der Waals surface area contributed by atoms with Gasteiger partial charge in [0.25, 0.3) is 0 Å². The second-order valence-electron chi connectivity index (χ2n) is 6.90. The number of benzene rings is 1. The number of rotatable bonds is 7. The lowest BCUT2D eigenvalue weighted by Gasteiger charge is -2.40. The molecule has 2 fully saturated rings. The van der Waals surface area contributed by atoms with E-state index in [-0.39, 0.29) is 18.2 Å². The minimum atomic E-state index is -1.06. The molecule has 8 heteroatoms. The summed E-state index contributed by atoms with van der Waals surface area (Å²) in [5, 5.41) is 11.9. The van der Waals surface area contributed by atoms with Crippen LogP contribution in [-0.2, 0) is 9.59 Å². The zero-order valence-electron chi connectivity index (χ0n) is 15.2. The van der Waals surface area contributed by atoms with Gasteiger partial charge in [-0.2, -0.15) is 0 Å². The van der Waals surface area contributed by atoms with Gasteiger partial charge in [0.15, 0.2) is 12.4 Å². The molecule has 0 spiro atoms. The quantitative estimate of drug-likeness (QED) is 0.658. The zero-order valence-corrected chi connectivity index (χ0v) is 15.2. The number of ether oxygens (including phenoxy) is 1. The van der Waals surface area contributed by atoms with E-state index < -0.39 is 12.6 Å². The fraction of sp³-hybridized carbons (Fsp3) is 0.526. The number of piperidine rings is 1. The summed E-state index contributed by atoms with van der Waals surface area (Å²) in [6.07, 6.45) is 2.12. The number of nitrogens with zero attached hydrogens (tertiary/aromatic N) is 2. The summed E-state index contributed by atoms with van der Waals surface area (Å²) in [4.78, 5) is 39.3. The van der Waals surface area contributed by atoms with Crippen LogP contribution < -0.4 is 10.1 Å². The van der Waals surface area contributed by atoms with Gasteiger partial charge in [-0.3, -0.25) is 14.5 Å². The van der Waals surface area contributed by atoms with Gasteiger partial charge in [0.2, 0.25) is 5.91 Å². The van der Waals surface area contributed by atoms with E-state index in [0.717, 1.165) is 32.5 Å². The molecule has 27 heavy (non-hydrogen) atoms. The molecule has 146 valence electrons. The van der Waals surface area contributed by atoms with E-state index in [9.17, 15) is 14.4 Å². The normalized spacial score (nSPS) is 19.1. The number of carbonyl (C=O) groups is 3. The van der Waals surface area contributed by atoms with E-state index in [1.807, 2.05) is 0 Å². The van der Waals surface area contributed by atoms with Crippen molar-refractivity contribution in [1.82, 2.24) is 15.1 Å². The number of carbonyl (C=O) groups excluding carboxylic acids is 2. The Hall–Kier alpha value is -2.45. The molecule has 2 saturated heterocycles. The topological polar surface area (TPSA) is 99.2 Å². The first-order chi connectivity index (χ1) is 13.0. The van der Waals surface area contributed by atoms with Crippen LogP contribution in [0.3, 0.4) is 0 Å². The smallest absolute Gasteiger partial charge is 0.341 e. The maximum absolute atomic E-state index is 12.5. The molecule has 0 unspecified atom stereocenters. The second-order valence-corrected chi connectivity index (χ2v) is 6.90. The van der Waals surface area contributed by atoms with Gasteiger partial charge in [0, 0.05) is 24.7 Å². The van der Waals surface area contributed by atoms with E-state index in [4.69, 9.17) is 9.84 Å². The van der Waals surface area contributed by atoms with Gasteiger partial charge in [0.05, 0.1) is 13.1 Å². The zero-order chi connectivity index (χ0) is 19.2. The molecule has 0 aliphatic carbocycles. The summed E-state index contributed by atoms with van der Waals surface area (Å²) in [6.45, 7) is 3.35. The summed E-state index contributed by atoms with van der Waals surface area (Å²) in [7, 11) is 0. The average molecular weight is 375 g/mol. The van der Waals surface area contributed by atoms with Crippen LogP contribution in [0.5, 0.6) is 5.75 Å². The molecule has 3 rings (SSSR count). The third kappa shape index (κ3) is 5.27. The van der Waals surface area contributed by atoms with Crippen molar-refractivity contribution in [3.63, 3.8) is 0 Å². The molecular weight excluding hydrogens is 350 g/mol. The van der Waals surface area contributed by atoms with Gasteiger partial charge in [-0.05, 0) is 50.2 Å². The molecule has 0 aromatic heterocycles. The molecule has 0 atom stereocenters. The fourth-order valence-electron chi connectivity index (χ4n) is 3.52. The number of Topliss-reactive ketones (excluding diaryl/α,β-unsaturated/α-hetero) is 1. The van der Waals surface area contributed by atoms with Gasteiger partial charge < -0.3 is 20.1 Å². The van der Waals surface area contributed by atoms with Crippen LogP contribution >= 0.6 is 0 Å².